The van der Waals surface area contributed by atoms with Crippen molar-refractivity contribution >= 4 is 6.09 Å². The second-order valence-electron chi connectivity index (χ2n) is 7.37. The van der Waals surface area contributed by atoms with Crippen LogP contribution in [0.4, 0.5) is 18.0 Å². The zero-order valence-corrected chi connectivity index (χ0v) is 15.1. The Kier molecular flexibility index (Phi) is 5.70. The van der Waals surface area contributed by atoms with Gasteiger partial charge in [0.15, 0.2) is 0 Å². The van der Waals surface area contributed by atoms with Crippen LogP contribution in [0, 0.1) is 16.7 Å². The van der Waals surface area contributed by atoms with E-state index in [4.69, 9.17) is 15.1 Å². The summed E-state index contributed by atoms with van der Waals surface area (Å²) < 4.78 is 48.1. The molecule has 1 aliphatic carbocycles. The molecule has 3 rings (SSSR count). The minimum absolute atomic E-state index is 0.0225. The number of halogens is 3. The number of likely N-dealkylation sites (tertiary alicyclic amines) is 1. The standard InChI is InChI=1S/C19H21F3N2O4/c20-19(21,22)16(12-25)28-17(26)24-6-4-18(5-7-24)9-15(10-18)27-14-3-1-2-13(8-14)11-23/h1-3,8,15-16,25H,4-7,9-10,12H2. The first-order chi connectivity index (χ1) is 13.2. The van der Waals surface area contributed by atoms with E-state index in [1.807, 2.05) is 0 Å². The Bertz CT molecular complexity index is 746. The molecule has 152 valence electrons. The molecule has 1 N–H and O–H groups in total. The zero-order chi connectivity index (χ0) is 20.4. The Morgan fingerprint density at radius 1 is 1.36 bits per heavy atom. The van der Waals surface area contributed by atoms with E-state index in [0.717, 1.165) is 12.8 Å². The van der Waals surface area contributed by atoms with Gasteiger partial charge < -0.3 is 19.5 Å². The van der Waals surface area contributed by atoms with Gasteiger partial charge in [-0.25, -0.2) is 4.79 Å². The van der Waals surface area contributed by atoms with Crippen molar-refractivity contribution in [2.24, 2.45) is 5.41 Å². The molecule has 1 amide bonds. The lowest BCUT2D eigenvalue weighted by atomic mass is 9.61. The lowest BCUT2D eigenvalue weighted by molar-refractivity contribution is -0.215. The van der Waals surface area contributed by atoms with Crippen LogP contribution >= 0.6 is 0 Å². The molecule has 9 heteroatoms. The third-order valence-corrected chi connectivity index (χ3v) is 5.44. The normalized spacial score (nSPS) is 20.2. The molecule has 1 aliphatic heterocycles. The highest BCUT2D eigenvalue weighted by atomic mass is 19.4. The van der Waals surface area contributed by atoms with Crippen molar-refractivity contribution in [1.82, 2.24) is 4.90 Å². The van der Waals surface area contributed by atoms with Crippen LogP contribution in [0.3, 0.4) is 0 Å². The monoisotopic (exact) mass is 398 g/mol. The van der Waals surface area contributed by atoms with Crippen LogP contribution in [0.15, 0.2) is 24.3 Å². The summed E-state index contributed by atoms with van der Waals surface area (Å²) in [7, 11) is 0. The number of piperidine rings is 1. The van der Waals surface area contributed by atoms with E-state index >= 15 is 0 Å². The van der Waals surface area contributed by atoms with Gasteiger partial charge in [-0.1, -0.05) is 6.07 Å². The highest BCUT2D eigenvalue weighted by Gasteiger charge is 2.49. The van der Waals surface area contributed by atoms with Crippen LogP contribution in [-0.4, -0.2) is 54.2 Å². The fourth-order valence-electron chi connectivity index (χ4n) is 3.80. The Labute approximate surface area is 160 Å². The molecule has 1 atom stereocenters. The number of aliphatic hydroxyl groups is 1. The number of hydrogen-bond acceptors (Lipinski definition) is 5. The average molecular weight is 398 g/mol. The number of nitriles is 1. The number of benzene rings is 1. The molecule has 1 spiro atoms. The minimum atomic E-state index is -4.79. The predicted octanol–water partition coefficient (Wildman–Crippen LogP) is 3.24. The smallest absolute Gasteiger partial charge is 0.427 e. The molecule has 1 saturated carbocycles. The summed E-state index contributed by atoms with van der Waals surface area (Å²) in [6.07, 6.45) is -5.39. The van der Waals surface area contributed by atoms with E-state index in [1.165, 1.54) is 4.90 Å². The zero-order valence-electron chi connectivity index (χ0n) is 15.1. The first-order valence-electron chi connectivity index (χ1n) is 9.05. The summed E-state index contributed by atoms with van der Waals surface area (Å²) in [5.74, 6) is 0.641. The maximum atomic E-state index is 12.6. The average Bonchev–Trinajstić information content (AvgIpc) is 2.64. The number of rotatable bonds is 4. The third-order valence-electron chi connectivity index (χ3n) is 5.44. The topological polar surface area (TPSA) is 82.8 Å². The van der Waals surface area contributed by atoms with Gasteiger partial charge in [0, 0.05) is 13.1 Å². The largest absolute Gasteiger partial charge is 0.490 e. The van der Waals surface area contributed by atoms with Gasteiger partial charge in [0.25, 0.3) is 0 Å². The first kappa shape index (κ1) is 20.3. The van der Waals surface area contributed by atoms with Gasteiger partial charge in [-0.05, 0) is 49.3 Å². The van der Waals surface area contributed by atoms with Crippen LogP contribution in [0.2, 0.25) is 0 Å². The van der Waals surface area contributed by atoms with Gasteiger partial charge >= 0.3 is 12.3 Å². The summed E-state index contributed by atoms with van der Waals surface area (Å²) in [6, 6.07) is 8.99. The summed E-state index contributed by atoms with van der Waals surface area (Å²) in [4.78, 5) is 13.2. The summed E-state index contributed by atoms with van der Waals surface area (Å²) >= 11 is 0. The fraction of sp³-hybridized carbons (Fsp3) is 0.579. The molecule has 1 heterocycles. The van der Waals surface area contributed by atoms with Gasteiger partial charge in [-0.2, -0.15) is 18.4 Å². The van der Waals surface area contributed by atoms with Gasteiger partial charge in [0.1, 0.15) is 5.75 Å². The molecule has 6 nitrogen and oxygen atoms in total. The summed E-state index contributed by atoms with van der Waals surface area (Å²) in [6.45, 7) is -0.671. The van der Waals surface area contributed by atoms with Crippen molar-refractivity contribution in [2.45, 2.75) is 44.1 Å². The number of aliphatic hydroxyl groups excluding tert-OH is 1. The third kappa shape index (κ3) is 4.50. The Balaban J connectivity index is 1.46. The lowest BCUT2D eigenvalue weighted by Crippen LogP contribution is -2.52. The number of alkyl halides is 3. The van der Waals surface area contributed by atoms with Gasteiger partial charge in [0.2, 0.25) is 6.10 Å². The van der Waals surface area contributed by atoms with E-state index in [2.05, 4.69) is 10.8 Å². The number of nitrogens with zero attached hydrogens (tertiary/aromatic N) is 2. The van der Waals surface area contributed by atoms with Gasteiger partial charge in [0.05, 0.1) is 24.3 Å². The summed E-state index contributed by atoms with van der Waals surface area (Å²) in [5, 5.41) is 17.7. The van der Waals surface area contributed by atoms with Crippen LogP contribution in [0.1, 0.15) is 31.2 Å². The number of ether oxygens (including phenoxy) is 2. The summed E-state index contributed by atoms with van der Waals surface area (Å²) in [5.41, 5.74) is 0.549. The van der Waals surface area contributed by atoms with Gasteiger partial charge in [-0.15, -0.1) is 0 Å². The molecule has 0 bridgehead atoms. The van der Waals surface area contributed by atoms with E-state index in [9.17, 15) is 18.0 Å². The predicted molar refractivity (Wildman–Crippen MR) is 91.5 cm³/mol. The van der Waals surface area contributed by atoms with Crippen molar-refractivity contribution in [3.63, 3.8) is 0 Å². The molecular weight excluding hydrogens is 377 g/mol. The van der Waals surface area contributed by atoms with E-state index in [0.29, 0.717) is 37.2 Å². The van der Waals surface area contributed by atoms with Crippen molar-refractivity contribution in [3.8, 4) is 11.8 Å². The van der Waals surface area contributed by atoms with Crippen molar-refractivity contribution in [1.29, 1.82) is 5.26 Å². The van der Waals surface area contributed by atoms with Crippen LogP contribution in [-0.2, 0) is 4.74 Å². The highest BCUT2D eigenvalue weighted by Crippen LogP contribution is 2.50. The first-order valence-corrected chi connectivity index (χ1v) is 9.05. The second kappa shape index (κ2) is 7.87. The number of amides is 1. The van der Waals surface area contributed by atoms with Crippen LogP contribution in [0.25, 0.3) is 0 Å². The SMILES string of the molecule is N#Cc1cccc(OC2CC3(CCN(C(=O)OC(CO)C(F)(F)F)CC3)C2)c1. The van der Waals surface area contributed by atoms with Crippen molar-refractivity contribution < 1.29 is 32.5 Å². The second-order valence-corrected chi connectivity index (χ2v) is 7.37. The molecule has 1 saturated heterocycles. The molecule has 1 aromatic rings. The van der Waals surface area contributed by atoms with Crippen molar-refractivity contribution in [2.75, 3.05) is 19.7 Å². The van der Waals surface area contributed by atoms with Crippen LogP contribution in [0.5, 0.6) is 5.75 Å². The molecule has 2 aliphatic rings. The molecule has 0 aromatic heterocycles. The quantitative estimate of drug-likeness (QED) is 0.842. The number of carbonyl (C=O) groups excluding carboxylic acids is 1. The molecule has 2 fully saturated rings. The van der Waals surface area contributed by atoms with Crippen molar-refractivity contribution in [3.05, 3.63) is 29.8 Å². The molecule has 1 unspecified atom stereocenters. The Morgan fingerprint density at radius 2 is 2.04 bits per heavy atom. The maximum absolute atomic E-state index is 12.6. The van der Waals surface area contributed by atoms with Gasteiger partial charge in [-0.3, -0.25) is 0 Å². The minimum Gasteiger partial charge on any atom is -0.490 e. The Hall–Kier alpha value is -2.47. The van der Waals surface area contributed by atoms with Crippen LogP contribution < -0.4 is 4.74 Å². The molecular formula is C19H21F3N2O4. The fourth-order valence-corrected chi connectivity index (χ4v) is 3.80. The number of hydrogen-bond donors (Lipinski definition) is 1. The highest BCUT2D eigenvalue weighted by molar-refractivity contribution is 5.68. The van der Waals surface area contributed by atoms with E-state index < -0.39 is 25.0 Å². The number of carbonyl (C=O) groups is 1. The van der Waals surface area contributed by atoms with E-state index in [-0.39, 0.29) is 11.5 Å². The van der Waals surface area contributed by atoms with E-state index in [1.54, 1.807) is 24.3 Å². The Morgan fingerprint density at radius 3 is 2.61 bits per heavy atom. The lowest BCUT2D eigenvalue weighted by Gasteiger charge is -2.51. The maximum Gasteiger partial charge on any atom is 0.427 e. The molecule has 28 heavy (non-hydrogen) atoms. The molecule has 0 radical (unpaired) electrons. The molecule has 1 aromatic carbocycles.